The van der Waals surface area contributed by atoms with Crippen LogP contribution in [0.3, 0.4) is 0 Å². The molecule has 1 N–H and O–H groups in total. The summed E-state index contributed by atoms with van der Waals surface area (Å²) < 4.78 is 32.0. The lowest BCUT2D eigenvalue weighted by Crippen LogP contribution is -2.50. The second kappa shape index (κ2) is 6.74. The molecule has 1 heterocycles. The fourth-order valence-electron chi connectivity index (χ4n) is 2.50. The minimum absolute atomic E-state index is 0.205. The normalized spacial score (nSPS) is 19.4. The van der Waals surface area contributed by atoms with Crippen molar-refractivity contribution in [3.63, 3.8) is 0 Å². The molecule has 0 bridgehead atoms. The van der Waals surface area contributed by atoms with Crippen molar-refractivity contribution in [3.8, 4) is 5.75 Å². The van der Waals surface area contributed by atoms with Gasteiger partial charge in [-0.05, 0) is 19.1 Å². The van der Waals surface area contributed by atoms with Crippen LogP contribution in [0.5, 0.6) is 5.75 Å². The highest BCUT2D eigenvalue weighted by Crippen LogP contribution is 2.26. The number of aliphatic hydroxyl groups excluding tert-OH is 1. The van der Waals surface area contributed by atoms with E-state index in [4.69, 9.17) is 4.74 Å². The highest BCUT2D eigenvalue weighted by Gasteiger charge is 2.30. The summed E-state index contributed by atoms with van der Waals surface area (Å²) in [5.41, 5.74) is 0. The molecule has 21 heavy (non-hydrogen) atoms. The number of para-hydroxylation sites is 1. The van der Waals surface area contributed by atoms with Crippen LogP contribution in [0.4, 0.5) is 0 Å². The second-order valence-corrected chi connectivity index (χ2v) is 7.11. The molecule has 0 unspecified atom stereocenters. The molecule has 118 valence electrons. The lowest BCUT2D eigenvalue weighted by atomic mass is 10.3. The van der Waals surface area contributed by atoms with Gasteiger partial charge in [-0.2, -0.15) is 4.31 Å². The monoisotopic (exact) mass is 314 g/mol. The van der Waals surface area contributed by atoms with Crippen LogP contribution >= 0.6 is 0 Å². The smallest absolute Gasteiger partial charge is 0.246 e. The Kier molecular flexibility index (Phi) is 5.21. The zero-order chi connectivity index (χ0) is 15.5. The molecule has 0 amide bonds. The molecule has 1 atom stereocenters. The SMILES string of the molecule is COc1ccccc1S(=O)(=O)N1CCN(C[C@H](C)O)CC1. The Morgan fingerprint density at radius 1 is 1.24 bits per heavy atom. The number of β-amino-alcohol motifs (C(OH)–C–C–N with tert-alkyl or cyclic N) is 1. The van der Waals surface area contributed by atoms with Gasteiger partial charge in [-0.15, -0.1) is 0 Å². The summed E-state index contributed by atoms with van der Waals surface area (Å²) in [5, 5.41) is 9.39. The Morgan fingerprint density at radius 2 is 1.86 bits per heavy atom. The Morgan fingerprint density at radius 3 is 2.43 bits per heavy atom. The lowest BCUT2D eigenvalue weighted by molar-refractivity contribution is 0.103. The van der Waals surface area contributed by atoms with Crippen molar-refractivity contribution in [2.75, 3.05) is 39.8 Å². The van der Waals surface area contributed by atoms with Crippen LogP contribution < -0.4 is 4.74 Å². The Bertz CT molecular complexity index is 566. The minimum Gasteiger partial charge on any atom is -0.495 e. The van der Waals surface area contributed by atoms with Crippen molar-refractivity contribution in [2.45, 2.75) is 17.9 Å². The van der Waals surface area contributed by atoms with Gasteiger partial charge in [-0.3, -0.25) is 4.90 Å². The minimum atomic E-state index is -3.54. The number of benzene rings is 1. The number of piperazine rings is 1. The highest BCUT2D eigenvalue weighted by atomic mass is 32.2. The van der Waals surface area contributed by atoms with E-state index in [1.807, 2.05) is 0 Å². The summed E-state index contributed by atoms with van der Waals surface area (Å²) in [6.07, 6.45) is -0.401. The first-order valence-electron chi connectivity index (χ1n) is 6.98. The summed E-state index contributed by atoms with van der Waals surface area (Å²) in [4.78, 5) is 2.27. The highest BCUT2D eigenvalue weighted by molar-refractivity contribution is 7.89. The first-order chi connectivity index (χ1) is 9.95. The third-order valence-electron chi connectivity index (χ3n) is 3.54. The van der Waals surface area contributed by atoms with E-state index < -0.39 is 16.1 Å². The van der Waals surface area contributed by atoms with E-state index in [1.165, 1.54) is 11.4 Å². The van der Waals surface area contributed by atoms with E-state index in [0.717, 1.165) is 0 Å². The van der Waals surface area contributed by atoms with Crippen LogP contribution in [-0.2, 0) is 10.0 Å². The van der Waals surface area contributed by atoms with E-state index >= 15 is 0 Å². The third-order valence-corrected chi connectivity index (χ3v) is 5.48. The van der Waals surface area contributed by atoms with Crippen molar-refractivity contribution in [3.05, 3.63) is 24.3 Å². The molecule has 0 radical (unpaired) electrons. The van der Waals surface area contributed by atoms with Crippen molar-refractivity contribution in [2.24, 2.45) is 0 Å². The van der Waals surface area contributed by atoms with Crippen molar-refractivity contribution >= 4 is 10.0 Å². The van der Waals surface area contributed by atoms with Crippen molar-refractivity contribution in [1.29, 1.82) is 0 Å². The fourth-order valence-corrected chi connectivity index (χ4v) is 4.08. The molecular formula is C14H22N2O4S. The predicted molar refractivity (Wildman–Crippen MR) is 79.9 cm³/mol. The van der Waals surface area contributed by atoms with Gasteiger partial charge in [-0.1, -0.05) is 12.1 Å². The maximum atomic E-state index is 12.7. The van der Waals surface area contributed by atoms with Crippen molar-refractivity contribution in [1.82, 2.24) is 9.21 Å². The quantitative estimate of drug-likeness (QED) is 0.851. The number of ether oxygens (including phenoxy) is 1. The zero-order valence-corrected chi connectivity index (χ0v) is 13.2. The molecule has 7 heteroatoms. The summed E-state index contributed by atoms with van der Waals surface area (Å²) in [5.74, 6) is 0.365. The predicted octanol–water partition coefficient (Wildman–Crippen LogP) is 0.382. The van der Waals surface area contributed by atoms with Gasteiger partial charge >= 0.3 is 0 Å². The molecule has 0 saturated carbocycles. The van der Waals surface area contributed by atoms with E-state index in [2.05, 4.69) is 4.90 Å². The molecule has 0 aliphatic carbocycles. The molecule has 1 saturated heterocycles. The van der Waals surface area contributed by atoms with Gasteiger partial charge in [-0.25, -0.2) is 8.42 Å². The van der Waals surface area contributed by atoms with Crippen LogP contribution in [0.25, 0.3) is 0 Å². The van der Waals surface area contributed by atoms with Crippen LogP contribution in [0.1, 0.15) is 6.92 Å². The van der Waals surface area contributed by atoms with E-state index in [0.29, 0.717) is 38.5 Å². The molecule has 6 nitrogen and oxygen atoms in total. The first kappa shape index (κ1) is 16.2. The van der Waals surface area contributed by atoms with Crippen LogP contribution in [0.2, 0.25) is 0 Å². The van der Waals surface area contributed by atoms with Gasteiger partial charge in [0, 0.05) is 32.7 Å². The largest absolute Gasteiger partial charge is 0.495 e. The zero-order valence-electron chi connectivity index (χ0n) is 12.4. The molecule has 1 aromatic carbocycles. The molecule has 0 spiro atoms. The van der Waals surface area contributed by atoms with Crippen LogP contribution in [-0.4, -0.2) is 68.7 Å². The topological polar surface area (TPSA) is 70.1 Å². The number of hydrogen-bond donors (Lipinski definition) is 1. The maximum absolute atomic E-state index is 12.7. The number of sulfonamides is 1. The lowest BCUT2D eigenvalue weighted by Gasteiger charge is -2.34. The second-order valence-electron chi connectivity index (χ2n) is 5.20. The van der Waals surface area contributed by atoms with E-state index in [9.17, 15) is 13.5 Å². The number of nitrogens with zero attached hydrogens (tertiary/aromatic N) is 2. The summed E-state index contributed by atoms with van der Waals surface area (Å²) in [6, 6.07) is 6.66. The van der Waals surface area contributed by atoms with Crippen molar-refractivity contribution < 1.29 is 18.3 Å². The Labute approximate surface area is 126 Å². The van der Waals surface area contributed by atoms with E-state index in [1.54, 1.807) is 31.2 Å². The number of rotatable bonds is 5. The number of hydrogen-bond acceptors (Lipinski definition) is 5. The molecule has 1 aliphatic rings. The van der Waals surface area contributed by atoms with Crippen LogP contribution in [0.15, 0.2) is 29.2 Å². The molecule has 1 aromatic rings. The fraction of sp³-hybridized carbons (Fsp3) is 0.571. The average Bonchev–Trinajstić information content (AvgIpc) is 2.47. The summed E-state index contributed by atoms with van der Waals surface area (Å²) >= 11 is 0. The standard InChI is InChI=1S/C14H22N2O4S/c1-12(17)11-15-7-9-16(10-8-15)21(18,19)14-6-4-3-5-13(14)20-2/h3-6,12,17H,7-11H2,1-2H3/t12-/m0/s1. The number of methoxy groups -OCH3 is 1. The van der Waals surface area contributed by atoms with Gasteiger partial charge in [0.05, 0.1) is 13.2 Å². The molecular weight excluding hydrogens is 292 g/mol. The van der Waals surface area contributed by atoms with Gasteiger partial charge in [0.15, 0.2) is 0 Å². The average molecular weight is 314 g/mol. The van der Waals surface area contributed by atoms with Crippen LogP contribution in [0, 0.1) is 0 Å². The first-order valence-corrected chi connectivity index (χ1v) is 8.42. The maximum Gasteiger partial charge on any atom is 0.246 e. The number of aliphatic hydroxyl groups is 1. The third kappa shape index (κ3) is 3.74. The van der Waals surface area contributed by atoms with Gasteiger partial charge in [0.2, 0.25) is 10.0 Å². The summed E-state index contributed by atoms with van der Waals surface area (Å²) in [7, 11) is -2.07. The molecule has 0 aromatic heterocycles. The van der Waals surface area contributed by atoms with E-state index in [-0.39, 0.29) is 4.90 Å². The molecule has 1 fully saturated rings. The van der Waals surface area contributed by atoms with Gasteiger partial charge in [0.1, 0.15) is 10.6 Å². The van der Waals surface area contributed by atoms with Gasteiger partial charge in [0.25, 0.3) is 0 Å². The Hall–Kier alpha value is -1.15. The van der Waals surface area contributed by atoms with Gasteiger partial charge < -0.3 is 9.84 Å². The molecule has 1 aliphatic heterocycles. The summed E-state index contributed by atoms with van der Waals surface area (Å²) in [6.45, 7) is 4.40. The Balaban J connectivity index is 2.11. The molecule has 2 rings (SSSR count).